The van der Waals surface area contributed by atoms with Crippen LogP contribution in [0.25, 0.3) is 0 Å². The molecule has 2 N–H and O–H groups in total. The number of anilines is 1. The van der Waals surface area contributed by atoms with Crippen LogP contribution in [-0.2, 0) is 0 Å². The molecule has 1 rings (SSSR count). The highest BCUT2D eigenvalue weighted by atomic mass is 127. The molecule has 0 aliphatic rings. The van der Waals surface area contributed by atoms with Crippen LogP contribution in [0, 0.1) is 10.6 Å². The first-order valence-electron chi connectivity index (χ1n) is 2.59. The van der Waals surface area contributed by atoms with E-state index in [1.54, 1.807) is 6.07 Å². The molecule has 0 aliphatic heterocycles. The zero-order valence-electron chi connectivity index (χ0n) is 5.06. The Morgan fingerprint density at radius 3 is 2.67 bits per heavy atom. The highest BCUT2D eigenvalue weighted by molar-refractivity contribution is 14.1. The van der Waals surface area contributed by atoms with Crippen molar-refractivity contribution in [3.8, 4) is 0 Å². The summed E-state index contributed by atoms with van der Waals surface area (Å²) in [7, 11) is 0. The number of aryl methyl sites for hydroxylation is 1. The SMILES string of the molecule is Cc1ccc(N)nc1I. The topological polar surface area (TPSA) is 38.9 Å². The molecule has 2 nitrogen and oxygen atoms in total. The van der Waals surface area contributed by atoms with Gasteiger partial charge in [0.05, 0.1) is 0 Å². The Kier molecular flexibility index (Phi) is 1.90. The average molecular weight is 234 g/mol. The molecule has 0 unspecified atom stereocenters. The molecule has 0 bridgehead atoms. The standard InChI is InChI=1S/C6H7IN2/c1-4-2-3-5(8)9-6(4)7/h2-3H,1H3,(H2,8,9). The largest absolute Gasteiger partial charge is 0.384 e. The number of rotatable bonds is 0. The molecule has 0 amide bonds. The predicted molar refractivity (Wildman–Crippen MR) is 46.1 cm³/mol. The van der Waals surface area contributed by atoms with Crippen LogP contribution in [0.4, 0.5) is 5.82 Å². The van der Waals surface area contributed by atoms with E-state index >= 15 is 0 Å². The summed E-state index contributed by atoms with van der Waals surface area (Å²) in [4.78, 5) is 4.04. The van der Waals surface area contributed by atoms with Gasteiger partial charge in [-0.2, -0.15) is 0 Å². The van der Waals surface area contributed by atoms with Gasteiger partial charge >= 0.3 is 0 Å². The third-order valence-electron chi connectivity index (χ3n) is 1.06. The summed E-state index contributed by atoms with van der Waals surface area (Å²) in [5.74, 6) is 0.588. The van der Waals surface area contributed by atoms with Gasteiger partial charge in [-0.25, -0.2) is 4.98 Å². The van der Waals surface area contributed by atoms with Crippen LogP contribution in [0.1, 0.15) is 5.56 Å². The average Bonchev–Trinajstić information content (AvgIpc) is 1.80. The van der Waals surface area contributed by atoms with Crippen molar-refractivity contribution in [3.05, 3.63) is 21.4 Å². The normalized spacial score (nSPS) is 9.56. The van der Waals surface area contributed by atoms with E-state index in [1.165, 1.54) is 5.56 Å². The number of hydrogen-bond acceptors (Lipinski definition) is 2. The molecule has 9 heavy (non-hydrogen) atoms. The van der Waals surface area contributed by atoms with Gasteiger partial charge in [0, 0.05) is 0 Å². The molecule has 1 aromatic heterocycles. The Labute approximate surface area is 67.6 Å². The summed E-state index contributed by atoms with van der Waals surface area (Å²) in [5, 5.41) is 0. The van der Waals surface area contributed by atoms with Gasteiger partial charge < -0.3 is 5.73 Å². The van der Waals surface area contributed by atoms with Gasteiger partial charge in [-0.15, -0.1) is 0 Å². The first kappa shape index (κ1) is 6.80. The lowest BCUT2D eigenvalue weighted by Crippen LogP contribution is -1.92. The summed E-state index contributed by atoms with van der Waals surface area (Å²) >= 11 is 2.16. The molecule has 0 aromatic carbocycles. The smallest absolute Gasteiger partial charge is 0.124 e. The number of nitrogens with two attached hydrogens (primary N) is 1. The predicted octanol–water partition coefficient (Wildman–Crippen LogP) is 1.58. The maximum Gasteiger partial charge on any atom is 0.124 e. The van der Waals surface area contributed by atoms with Crippen LogP contribution < -0.4 is 5.73 Å². The molecule has 48 valence electrons. The maximum atomic E-state index is 5.41. The Hall–Kier alpha value is -0.320. The van der Waals surface area contributed by atoms with E-state index < -0.39 is 0 Å². The second kappa shape index (κ2) is 2.51. The Bertz CT molecular complexity index is 222. The van der Waals surface area contributed by atoms with E-state index in [-0.39, 0.29) is 0 Å². The lowest BCUT2D eigenvalue weighted by molar-refractivity contribution is 1.22. The first-order chi connectivity index (χ1) is 4.20. The fourth-order valence-corrected chi connectivity index (χ4v) is 0.976. The third kappa shape index (κ3) is 1.54. The molecule has 0 saturated carbocycles. The number of pyridine rings is 1. The number of aromatic nitrogens is 1. The zero-order chi connectivity index (χ0) is 6.85. The minimum atomic E-state index is 0.588. The molecule has 0 aliphatic carbocycles. The van der Waals surface area contributed by atoms with Crippen molar-refractivity contribution in [3.63, 3.8) is 0 Å². The van der Waals surface area contributed by atoms with Crippen molar-refractivity contribution >= 4 is 28.4 Å². The molecular weight excluding hydrogens is 227 g/mol. The fourth-order valence-electron chi connectivity index (χ4n) is 0.518. The maximum absolute atomic E-state index is 5.41. The van der Waals surface area contributed by atoms with Crippen LogP contribution in [0.3, 0.4) is 0 Å². The van der Waals surface area contributed by atoms with Gasteiger partial charge in [0.2, 0.25) is 0 Å². The van der Waals surface area contributed by atoms with Crippen molar-refractivity contribution in [1.82, 2.24) is 4.98 Å². The third-order valence-corrected chi connectivity index (χ3v) is 2.15. The summed E-state index contributed by atoms with van der Waals surface area (Å²) in [5.41, 5.74) is 6.58. The molecular formula is C6H7IN2. The van der Waals surface area contributed by atoms with E-state index in [9.17, 15) is 0 Å². The van der Waals surface area contributed by atoms with Crippen LogP contribution in [0.15, 0.2) is 12.1 Å². The lowest BCUT2D eigenvalue weighted by Gasteiger charge is -1.95. The van der Waals surface area contributed by atoms with Gasteiger partial charge in [0.25, 0.3) is 0 Å². The summed E-state index contributed by atoms with van der Waals surface area (Å²) in [6.45, 7) is 2.01. The van der Waals surface area contributed by atoms with Gasteiger partial charge in [0.1, 0.15) is 9.52 Å². The fraction of sp³-hybridized carbons (Fsp3) is 0.167. The van der Waals surface area contributed by atoms with Crippen LogP contribution >= 0.6 is 22.6 Å². The van der Waals surface area contributed by atoms with Gasteiger partial charge in [-0.05, 0) is 41.1 Å². The van der Waals surface area contributed by atoms with Crippen molar-refractivity contribution in [2.24, 2.45) is 0 Å². The van der Waals surface area contributed by atoms with Gasteiger partial charge in [-0.3, -0.25) is 0 Å². The van der Waals surface area contributed by atoms with Gasteiger partial charge in [0.15, 0.2) is 0 Å². The highest BCUT2D eigenvalue weighted by Gasteiger charge is 1.92. The van der Waals surface area contributed by atoms with E-state index in [4.69, 9.17) is 5.73 Å². The molecule has 0 saturated heterocycles. The van der Waals surface area contributed by atoms with Crippen molar-refractivity contribution in [1.29, 1.82) is 0 Å². The molecule has 1 heterocycles. The minimum absolute atomic E-state index is 0.588. The number of hydrogen-bond donors (Lipinski definition) is 1. The van der Waals surface area contributed by atoms with E-state index in [2.05, 4.69) is 27.6 Å². The van der Waals surface area contributed by atoms with Crippen molar-refractivity contribution in [2.75, 3.05) is 5.73 Å². The molecule has 0 spiro atoms. The number of nitrogen functional groups attached to an aromatic ring is 1. The van der Waals surface area contributed by atoms with Crippen LogP contribution in [0.5, 0.6) is 0 Å². The van der Waals surface area contributed by atoms with E-state index in [0.717, 1.165) is 3.70 Å². The Balaban J connectivity index is 3.17. The van der Waals surface area contributed by atoms with Crippen LogP contribution in [-0.4, -0.2) is 4.98 Å². The molecule has 0 atom stereocenters. The second-order valence-corrected chi connectivity index (χ2v) is 2.87. The Morgan fingerprint density at radius 2 is 2.22 bits per heavy atom. The number of halogens is 1. The summed E-state index contributed by atoms with van der Waals surface area (Å²) < 4.78 is 0.979. The first-order valence-corrected chi connectivity index (χ1v) is 3.66. The van der Waals surface area contributed by atoms with Gasteiger partial charge in [-0.1, -0.05) is 6.07 Å². The van der Waals surface area contributed by atoms with E-state index in [1.807, 2.05) is 13.0 Å². The Morgan fingerprint density at radius 1 is 1.56 bits per heavy atom. The lowest BCUT2D eigenvalue weighted by atomic mass is 10.3. The molecule has 0 fully saturated rings. The van der Waals surface area contributed by atoms with E-state index in [0.29, 0.717) is 5.82 Å². The molecule has 3 heteroatoms. The quantitative estimate of drug-likeness (QED) is 0.546. The monoisotopic (exact) mass is 234 g/mol. The number of nitrogens with zero attached hydrogens (tertiary/aromatic N) is 1. The summed E-state index contributed by atoms with van der Waals surface area (Å²) in [6, 6.07) is 3.77. The second-order valence-electron chi connectivity index (χ2n) is 1.84. The molecule has 0 radical (unpaired) electrons. The molecule has 1 aromatic rings. The van der Waals surface area contributed by atoms with Crippen molar-refractivity contribution in [2.45, 2.75) is 6.92 Å². The highest BCUT2D eigenvalue weighted by Crippen LogP contribution is 2.09. The van der Waals surface area contributed by atoms with Crippen molar-refractivity contribution < 1.29 is 0 Å². The zero-order valence-corrected chi connectivity index (χ0v) is 7.21. The minimum Gasteiger partial charge on any atom is -0.384 e. The van der Waals surface area contributed by atoms with Crippen LogP contribution in [0.2, 0.25) is 0 Å². The summed E-state index contributed by atoms with van der Waals surface area (Å²) in [6.07, 6.45) is 0.